The van der Waals surface area contributed by atoms with Crippen LogP contribution in [0.3, 0.4) is 0 Å². The maximum atomic E-state index is 12.5. The molecule has 29 heavy (non-hydrogen) atoms. The lowest BCUT2D eigenvalue weighted by Crippen LogP contribution is -2.50. The van der Waals surface area contributed by atoms with E-state index in [0.29, 0.717) is 31.2 Å². The van der Waals surface area contributed by atoms with Gasteiger partial charge in [-0.15, -0.1) is 0 Å². The maximum Gasteiger partial charge on any atom is 0.260 e. The fraction of sp³-hybridized carbons (Fsp3) is 0.286. The number of rotatable bonds is 6. The summed E-state index contributed by atoms with van der Waals surface area (Å²) >= 11 is 5.87. The molecule has 2 N–H and O–H groups in total. The molecule has 1 heterocycles. The third-order valence-corrected chi connectivity index (χ3v) is 5.06. The highest BCUT2D eigenvalue weighted by molar-refractivity contribution is 6.31. The highest BCUT2D eigenvalue weighted by Crippen LogP contribution is 2.23. The van der Waals surface area contributed by atoms with E-state index >= 15 is 0 Å². The van der Waals surface area contributed by atoms with Crippen molar-refractivity contribution < 1.29 is 14.3 Å². The summed E-state index contributed by atoms with van der Waals surface area (Å²) in [5, 5.41) is 9.93. The Morgan fingerprint density at radius 3 is 2.45 bits per heavy atom. The van der Waals surface area contributed by atoms with E-state index in [0.717, 1.165) is 5.56 Å². The van der Waals surface area contributed by atoms with E-state index in [9.17, 15) is 14.9 Å². The largest absolute Gasteiger partial charge is 0.483 e. The number of primary amides is 1. The summed E-state index contributed by atoms with van der Waals surface area (Å²) < 4.78 is 5.52. The Bertz CT molecular complexity index is 921. The molecule has 0 aromatic heterocycles. The van der Waals surface area contributed by atoms with Gasteiger partial charge in [0, 0.05) is 31.2 Å². The second-order valence-corrected chi connectivity index (χ2v) is 7.09. The van der Waals surface area contributed by atoms with Gasteiger partial charge in [0.1, 0.15) is 11.8 Å². The molecular formula is C21H21ClN4O3. The fourth-order valence-corrected chi connectivity index (χ4v) is 3.46. The number of piperazine rings is 1. The number of carbonyl (C=O) groups is 2. The molecule has 0 aliphatic carbocycles. The third kappa shape index (κ3) is 5.05. The number of halogens is 1. The molecule has 0 saturated carbocycles. The zero-order valence-electron chi connectivity index (χ0n) is 15.8. The van der Waals surface area contributed by atoms with Crippen molar-refractivity contribution in [1.82, 2.24) is 9.80 Å². The summed E-state index contributed by atoms with van der Waals surface area (Å²) in [6.45, 7) is 1.97. The van der Waals surface area contributed by atoms with Crippen molar-refractivity contribution in [2.75, 3.05) is 32.8 Å². The van der Waals surface area contributed by atoms with Crippen molar-refractivity contribution in [2.24, 2.45) is 5.73 Å². The van der Waals surface area contributed by atoms with Crippen LogP contribution in [0.4, 0.5) is 0 Å². The number of amides is 2. The Morgan fingerprint density at radius 2 is 1.83 bits per heavy atom. The van der Waals surface area contributed by atoms with Crippen LogP contribution in [0.1, 0.15) is 22.0 Å². The minimum absolute atomic E-state index is 0.134. The van der Waals surface area contributed by atoms with Crippen molar-refractivity contribution >= 4 is 23.4 Å². The molecule has 1 atom stereocenters. The monoisotopic (exact) mass is 412 g/mol. The fourth-order valence-electron chi connectivity index (χ4n) is 3.28. The molecule has 1 aliphatic heterocycles. The summed E-state index contributed by atoms with van der Waals surface area (Å²) in [5.41, 5.74) is 6.41. The quantitative estimate of drug-likeness (QED) is 0.784. The molecule has 150 valence electrons. The number of hydrogen-bond acceptors (Lipinski definition) is 5. The molecule has 1 aliphatic rings. The van der Waals surface area contributed by atoms with Gasteiger partial charge in [0.25, 0.3) is 11.8 Å². The smallest absolute Gasteiger partial charge is 0.260 e. The van der Waals surface area contributed by atoms with Gasteiger partial charge in [-0.25, -0.2) is 0 Å². The van der Waals surface area contributed by atoms with Crippen LogP contribution in [0.25, 0.3) is 0 Å². The molecule has 2 amide bonds. The molecule has 7 nitrogen and oxygen atoms in total. The van der Waals surface area contributed by atoms with Gasteiger partial charge in [-0.3, -0.25) is 14.5 Å². The summed E-state index contributed by atoms with van der Waals surface area (Å²) in [6, 6.07) is 16.1. The lowest BCUT2D eigenvalue weighted by Gasteiger charge is -2.37. The SMILES string of the molecule is N#CC(c1ccccc1)N1CCN(C(=O)COc2ccc(Cl)cc2C(N)=O)CC1. The van der Waals surface area contributed by atoms with E-state index in [1.54, 1.807) is 11.0 Å². The summed E-state index contributed by atoms with van der Waals surface area (Å²) in [4.78, 5) is 27.8. The first kappa shape index (κ1) is 20.6. The van der Waals surface area contributed by atoms with E-state index in [1.165, 1.54) is 12.1 Å². The molecule has 2 aromatic rings. The van der Waals surface area contributed by atoms with Gasteiger partial charge in [-0.05, 0) is 23.8 Å². The first-order valence-electron chi connectivity index (χ1n) is 9.18. The molecule has 0 radical (unpaired) electrons. The molecule has 2 aromatic carbocycles. The summed E-state index contributed by atoms with van der Waals surface area (Å²) in [6.07, 6.45) is 0. The van der Waals surface area contributed by atoms with Gasteiger partial charge in [0.2, 0.25) is 0 Å². The average Bonchev–Trinajstić information content (AvgIpc) is 2.74. The van der Waals surface area contributed by atoms with Crippen LogP contribution in [0, 0.1) is 11.3 Å². The molecule has 1 saturated heterocycles. The first-order valence-corrected chi connectivity index (χ1v) is 9.56. The van der Waals surface area contributed by atoms with Gasteiger partial charge in [0.05, 0.1) is 11.6 Å². The highest BCUT2D eigenvalue weighted by atomic mass is 35.5. The molecule has 8 heteroatoms. The van der Waals surface area contributed by atoms with Gasteiger partial charge >= 0.3 is 0 Å². The first-order chi connectivity index (χ1) is 14.0. The van der Waals surface area contributed by atoms with Crippen LogP contribution in [-0.2, 0) is 4.79 Å². The Morgan fingerprint density at radius 1 is 1.14 bits per heavy atom. The highest BCUT2D eigenvalue weighted by Gasteiger charge is 2.27. The predicted octanol–water partition coefficient (Wildman–Crippen LogP) is 2.23. The van der Waals surface area contributed by atoms with Crippen molar-refractivity contribution in [3.05, 3.63) is 64.7 Å². The van der Waals surface area contributed by atoms with Crippen LogP contribution in [0.15, 0.2) is 48.5 Å². The van der Waals surface area contributed by atoms with Crippen LogP contribution in [-0.4, -0.2) is 54.4 Å². The standard InChI is InChI=1S/C21H21ClN4O3/c22-16-6-7-19(17(12-16)21(24)28)29-14-20(27)26-10-8-25(9-11-26)18(13-23)15-4-2-1-3-5-15/h1-7,12,18H,8-11,14H2,(H2,24,28). The topological polar surface area (TPSA) is 99.7 Å². The molecule has 0 spiro atoms. The number of ether oxygens (including phenoxy) is 1. The normalized spacial score (nSPS) is 15.4. The van der Waals surface area contributed by atoms with Gasteiger partial charge in [-0.2, -0.15) is 5.26 Å². The van der Waals surface area contributed by atoms with E-state index < -0.39 is 5.91 Å². The van der Waals surface area contributed by atoms with Gasteiger partial charge in [-0.1, -0.05) is 41.9 Å². The second-order valence-electron chi connectivity index (χ2n) is 6.65. The second kappa shape index (κ2) is 9.41. The zero-order chi connectivity index (χ0) is 20.8. The van der Waals surface area contributed by atoms with Gasteiger partial charge < -0.3 is 15.4 Å². The van der Waals surface area contributed by atoms with Crippen molar-refractivity contribution in [2.45, 2.75) is 6.04 Å². The van der Waals surface area contributed by atoms with Crippen molar-refractivity contribution in [3.8, 4) is 11.8 Å². The predicted molar refractivity (Wildman–Crippen MR) is 108 cm³/mol. The molecular weight excluding hydrogens is 392 g/mol. The maximum absolute atomic E-state index is 12.5. The Kier molecular flexibility index (Phi) is 6.70. The van der Waals surface area contributed by atoms with Crippen molar-refractivity contribution in [3.63, 3.8) is 0 Å². The molecule has 1 fully saturated rings. The van der Waals surface area contributed by atoms with E-state index in [4.69, 9.17) is 22.1 Å². The third-order valence-electron chi connectivity index (χ3n) is 4.83. The molecule has 3 rings (SSSR count). The summed E-state index contributed by atoms with van der Waals surface area (Å²) in [5.74, 6) is -0.641. The van der Waals surface area contributed by atoms with Crippen LogP contribution >= 0.6 is 11.6 Å². The van der Waals surface area contributed by atoms with E-state index in [2.05, 4.69) is 11.0 Å². The Hall–Kier alpha value is -3.08. The van der Waals surface area contributed by atoms with E-state index in [1.807, 2.05) is 30.3 Å². The number of hydrogen-bond donors (Lipinski definition) is 1. The van der Waals surface area contributed by atoms with Crippen molar-refractivity contribution in [1.29, 1.82) is 5.26 Å². The lowest BCUT2D eigenvalue weighted by molar-refractivity contribution is -0.135. The van der Waals surface area contributed by atoms with E-state index in [-0.39, 0.29) is 29.9 Å². The Labute approximate surface area is 174 Å². The zero-order valence-corrected chi connectivity index (χ0v) is 16.5. The Balaban J connectivity index is 1.56. The number of nitriles is 1. The number of carbonyl (C=O) groups excluding carboxylic acids is 2. The van der Waals surface area contributed by atoms with Crippen LogP contribution in [0.2, 0.25) is 5.02 Å². The number of nitrogens with two attached hydrogens (primary N) is 1. The summed E-state index contributed by atoms with van der Waals surface area (Å²) in [7, 11) is 0. The molecule has 1 unspecified atom stereocenters. The number of benzene rings is 2. The minimum Gasteiger partial charge on any atom is -0.483 e. The minimum atomic E-state index is -0.674. The van der Waals surface area contributed by atoms with Gasteiger partial charge in [0.15, 0.2) is 6.61 Å². The van der Waals surface area contributed by atoms with Crippen LogP contribution in [0.5, 0.6) is 5.75 Å². The molecule has 0 bridgehead atoms. The lowest BCUT2D eigenvalue weighted by atomic mass is 10.1. The average molecular weight is 413 g/mol. The van der Waals surface area contributed by atoms with Crippen LogP contribution < -0.4 is 10.5 Å². The number of nitrogens with zero attached hydrogens (tertiary/aromatic N) is 3.